The maximum atomic E-state index is 5.46. The molecule has 0 aliphatic rings. The molecule has 0 fully saturated rings. The van der Waals surface area contributed by atoms with Crippen LogP contribution in [0.4, 0.5) is 0 Å². The molecule has 0 unspecified atom stereocenters. The second-order valence-electron chi connectivity index (χ2n) is 15.7. The van der Waals surface area contributed by atoms with Crippen molar-refractivity contribution in [1.29, 1.82) is 0 Å². The van der Waals surface area contributed by atoms with Crippen LogP contribution in [0.5, 0.6) is 0 Å². The van der Waals surface area contributed by atoms with Crippen LogP contribution in [0.1, 0.15) is 0 Å². The fourth-order valence-electron chi connectivity index (χ4n) is 9.42. The molecule has 0 saturated carbocycles. The van der Waals surface area contributed by atoms with E-state index in [-0.39, 0.29) is 0 Å². The highest BCUT2D eigenvalue weighted by atomic mass is 14.8. The molecule has 3 heterocycles. The molecular weight excluding hydrogens is 753 g/mol. The molecule has 0 bridgehead atoms. The van der Waals surface area contributed by atoms with Crippen LogP contribution in [-0.2, 0) is 0 Å². The number of para-hydroxylation sites is 2. The minimum atomic E-state index is 0.852. The number of rotatable bonds is 6. The number of fused-ring (bicyclic) bond motifs is 5. The van der Waals surface area contributed by atoms with Crippen molar-refractivity contribution < 1.29 is 0 Å². The summed E-state index contributed by atoms with van der Waals surface area (Å²) in [6, 6.07) is 73.0. The maximum absolute atomic E-state index is 5.46. The summed E-state index contributed by atoms with van der Waals surface area (Å²) in [4.78, 5) is 20.3. The SMILES string of the molecule is c1ccc(-c2ccc(-c3ccc(-c4nc5ccccc5nc4-c4ccc(-c5ccc(-c6ccccn6)c6ccccc56)c5ccccc45)c4ccccc34)c3ccccc23)nc1. The normalized spacial score (nSPS) is 11.5. The van der Waals surface area contributed by atoms with Crippen molar-refractivity contribution in [3.8, 4) is 67.3 Å². The van der Waals surface area contributed by atoms with Gasteiger partial charge in [0.25, 0.3) is 0 Å². The number of hydrogen-bond acceptors (Lipinski definition) is 4. The summed E-state index contributed by atoms with van der Waals surface area (Å²) in [5.74, 6) is 0. The Bertz CT molecular complexity index is 3450. The molecule has 9 aromatic carbocycles. The summed E-state index contributed by atoms with van der Waals surface area (Å²) in [6.07, 6.45) is 3.71. The first-order valence-corrected chi connectivity index (χ1v) is 21.0. The average Bonchev–Trinajstić information content (AvgIpc) is 3.35. The number of aromatic nitrogens is 4. The van der Waals surface area contributed by atoms with Crippen LogP contribution < -0.4 is 0 Å². The lowest BCUT2D eigenvalue weighted by atomic mass is 9.87. The van der Waals surface area contributed by atoms with Crippen LogP contribution in [0.2, 0.25) is 0 Å². The van der Waals surface area contributed by atoms with Crippen molar-refractivity contribution in [3.05, 3.63) is 219 Å². The fourth-order valence-corrected chi connectivity index (χ4v) is 9.42. The van der Waals surface area contributed by atoms with Gasteiger partial charge in [-0.3, -0.25) is 9.97 Å². The van der Waals surface area contributed by atoms with E-state index >= 15 is 0 Å². The third-order valence-electron chi connectivity index (χ3n) is 12.2. The van der Waals surface area contributed by atoms with Crippen LogP contribution in [-0.4, -0.2) is 19.9 Å². The lowest BCUT2D eigenvalue weighted by Gasteiger charge is -2.18. The molecule has 288 valence electrons. The van der Waals surface area contributed by atoms with Gasteiger partial charge in [0.15, 0.2) is 0 Å². The lowest BCUT2D eigenvalue weighted by molar-refractivity contribution is 1.30. The highest BCUT2D eigenvalue weighted by Gasteiger charge is 2.21. The Balaban J connectivity index is 1.06. The number of pyridine rings is 2. The van der Waals surface area contributed by atoms with Gasteiger partial charge in [0.05, 0.1) is 33.8 Å². The molecule has 12 rings (SSSR count). The van der Waals surface area contributed by atoms with Gasteiger partial charge in [0.2, 0.25) is 0 Å². The van der Waals surface area contributed by atoms with E-state index in [1.165, 1.54) is 43.8 Å². The number of nitrogens with zero attached hydrogens (tertiary/aromatic N) is 4. The molecule has 0 aliphatic carbocycles. The van der Waals surface area contributed by atoms with Gasteiger partial charge in [0.1, 0.15) is 0 Å². The van der Waals surface area contributed by atoms with Gasteiger partial charge in [-0.2, -0.15) is 0 Å². The van der Waals surface area contributed by atoms with E-state index in [0.29, 0.717) is 0 Å². The molecule has 0 N–H and O–H groups in total. The molecule has 0 saturated heterocycles. The predicted octanol–water partition coefficient (Wildman–Crippen LogP) is 15.0. The molecule has 62 heavy (non-hydrogen) atoms. The molecule has 0 amide bonds. The van der Waals surface area contributed by atoms with E-state index in [9.17, 15) is 0 Å². The monoisotopic (exact) mass is 788 g/mol. The molecule has 0 atom stereocenters. The van der Waals surface area contributed by atoms with Gasteiger partial charge >= 0.3 is 0 Å². The van der Waals surface area contributed by atoms with Crippen LogP contribution >= 0.6 is 0 Å². The molecule has 4 heteroatoms. The van der Waals surface area contributed by atoms with Crippen molar-refractivity contribution in [1.82, 2.24) is 19.9 Å². The first-order chi connectivity index (χ1) is 30.8. The summed E-state index contributed by atoms with van der Waals surface area (Å²) >= 11 is 0. The van der Waals surface area contributed by atoms with Crippen LogP contribution in [0.3, 0.4) is 0 Å². The molecule has 0 spiro atoms. The van der Waals surface area contributed by atoms with Crippen LogP contribution in [0.25, 0.3) is 121 Å². The van der Waals surface area contributed by atoms with Crippen molar-refractivity contribution in [2.24, 2.45) is 0 Å². The van der Waals surface area contributed by atoms with Crippen molar-refractivity contribution in [2.75, 3.05) is 0 Å². The summed E-state index contributed by atoms with van der Waals surface area (Å²) in [5.41, 5.74) is 14.3. The standard InChI is InChI=1S/C58H36N4/c1-5-19-41-37(15-1)45(27-31-49(41)53-23-11-13-35-59-53)47-29-33-51(43-21-7-3-17-39(43)47)57-58(62-56-26-10-9-25-55(56)61-57)52-34-30-48(40-18-4-8-22-44(40)52)46-28-32-50(54-24-12-14-36-60-54)42-20-6-2-16-38(42)46/h1-36H. The summed E-state index contributed by atoms with van der Waals surface area (Å²) < 4.78 is 0. The van der Waals surface area contributed by atoms with Crippen molar-refractivity contribution >= 4 is 54.1 Å². The van der Waals surface area contributed by atoms with Gasteiger partial charge in [-0.25, -0.2) is 9.97 Å². The van der Waals surface area contributed by atoms with Gasteiger partial charge < -0.3 is 0 Å². The maximum Gasteiger partial charge on any atom is 0.0979 e. The zero-order valence-electron chi connectivity index (χ0n) is 33.6. The van der Waals surface area contributed by atoms with Gasteiger partial charge in [-0.1, -0.05) is 170 Å². The zero-order valence-corrected chi connectivity index (χ0v) is 33.6. The van der Waals surface area contributed by atoms with E-state index in [1.54, 1.807) is 0 Å². The Kier molecular flexibility index (Phi) is 8.46. The van der Waals surface area contributed by atoms with Gasteiger partial charge in [-0.05, 0) is 102 Å². The van der Waals surface area contributed by atoms with Crippen molar-refractivity contribution in [3.63, 3.8) is 0 Å². The number of benzene rings is 9. The fraction of sp³-hybridized carbons (Fsp3) is 0. The molecule has 12 aromatic rings. The van der Waals surface area contributed by atoms with E-state index in [1.807, 2.05) is 48.8 Å². The average molecular weight is 789 g/mol. The Morgan fingerprint density at radius 3 is 0.790 bits per heavy atom. The molecule has 4 nitrogen and oxygen atoms in total. The van der Waals surface area contributed by atoms with Crippen molar-refractivity contribution in [2.45, 2.75) is 0 Å². The summed E-state index contributed by atoms with van der Waals surface area (Å²) in [7, 11) is 0. The minimum Gasteiger partial charge on any atom is -0.256 e. The largest absolute Gasteiger partial charge is 0.256 e. The van der Waals surface area contributed by atoms with E-state index in [4.69, 9.17) is 19.9 Å². The Labute approximate surface area is 358 Å². The topological polar surface area (TPSA) is 51.6 Å². The van der Waals surface area contributed by atoms with Gasteiger partial charge in [0, 0.05) is 34.6 Å². The smallest absolute Gasteiger partial charge is 0.0979 e. The van der Waals surface area contributed by atoms with E-state index < -0.39 is 0 Å². The van der Waals surface area contributed by atoms with Crippen LogP contribution in [0, 0.1) is 0 Å². The molecule has 0 radical (unpaired) electrons. The summed E-state index contributed by atoms with van der Waals surface area (Å²) in [6.45, 7) is 0. The van der Waals surface area contributed by atoms with Gasteiger partial charge in [-0.15, -0.1) is 0 Å². The molecule has 0 aliphatic heterocycles. The van der Waals surface area contributed by atoms with E-state index in [0.717, 1.165) is 77.6 Å². The third-order valence-corrected chi connectivity index (χ3v) is 12.2. The minimum absolute atomic E-state index is 0.852. The highest BCUT2D eigenvalue weighted by Crippen LogP contribution is 2.45. The predicted molar refractivity (Wildman–Crippen MR) is 258 cm³/mol. The highest BCUT2D eigenvalue weighted by molar-refractivity contribution is 6.15. The zero-order chi connectivity index (χ0) is 41.0. The first-order valence-electron chi connectivity index (χ1n) is 21.0. The molecule has 3 aromatic heterocycles. The number of hydrogen-bond donors (Lipinski definition) is 0. The Morgan fingerprint density at radius 2 is 0.468 bits per heavy atom. The van der Waals surface area contributed by atoms with Crippen LogP contribution in [0.15, 0.2) is 219 Å². The second kappa shape index (κ2) is 14.7. The lowest BCUT2D eigenvalue weighted by Crippen LogP contribution is -1.98. The first kappa shape index (κ1) is 35.6. The Morgan fingerprint density at radius 1 is 0.210 bits per heavy atom. The third kappa shape index (κ3) is 5.84. The van der Waals surface area contributed by atoms with E-state index in [2.05, 4.69) is 170 Å². The Hall–Kier alpha value is -8.34. The summed E-state index contributed by atoms with van der Waals surface area (Å²) in [5, 5.41) is 9.27. The second-order valence-corrected chi connectivity index (χ2v) is 15.7. The quantitative estimate of drug-likeness (QED) is 0.168. The molecular formula is C58H36N4.